The van der Waals surface area contributed by atoms with Gasteiger partial charge in [-0.25, -0.2) is 8.42 Å². The smallest absolute Gasteiger partial charge is 0.485 e. The summed E-state index contributed by atoms with van der Waals surface area (Å²) in [7, 11) is -6.09. The molecule has 0 N–H and O–H groups in total. The summed E-state index contributed by atoms with van der Waals surface area (Å²) in [5.41, 5.74) is -7.22. The third-order valence-corrected chi connectivity index (χ3v) is 5.96. The Balaban J connectivity index is 0.000000447. The number of hydrogen-bond acceptors (Lipinski definition) is 3. The maximum absolute atomic E-state index is 12.6. The van der Waals surface area contributed by atoms with Crippen molar-refractivity contribution in [3.05, 3.63) is 66.8 Å². The van der Waals surface area contributed by atoms with E-state index >= 15 is 0 Å². The number of alkyl halides is 9. The lowest BCUT2D eigenvalue weighted by Gasteiger charge is -2.08. The summed E-state index contributed by atoms with van der Waals surface area (Å²) in [6.45, 7) is 0. The summed E-state index contributed by atoms with van der Waals surface area (Å²) in [5.74, 6) is 0. The largest absolute Gasteiger partial charge is 0.741 e. The summed E-state index contributed by atoms with van der Waals surface area (Å²) in [6, 6.07) is 9.42. The summed E-state index contributed by atoms with van der Waals surface area (Å²) in [4.78, 5) is 0. The van der Waals surface area contributed by atoms with Gasteiger partial charge in [0, 0.05) is 12.1 Å². The average molecular weight is 566 g/mol. The van der Waals surface area contributed by atoms with E-state index in [4.69, 9.17) is 13.0 Å². The van der Waals surface area contributed by atoms with Gasteiger partial charge >= 0.3 is 39.1 Å². The molecule has 0 bridgehead atoms. The Morgan fingerprint density at radius 2 is 1.00 bits per heavy atom. The first kappa shape index (κ1) is 25.5. The van der Waals surface area contributed by atoms with Crippen molar-refractivity contribution in [2.45, 2.75) is 17.9 Å². The van der Waals surface area contributed by atoms with Crippen LogP contribution in [0.5, 0.6) is 0 Å². The number of rotatable bonds is 2. The topological polar surface area (TPSA) is 57.2 Å². The highest BCUT2D eigenvalue weighted by Crippen LogP contribution is 2.29. The molecule has 0 radical (unpaired) electrons. The first-order chi connectivity index (χ1) is 12.9. The molecule has 3 nitrogen and oxygen atoms in total. The Hall–Kier alpha value is -1.55. The van der Waals surface area contributed by atoms with Crippen molar-refractivity contribution in [1.29, 1.82) is 0 Å². The lowest BCUT2D eigenvalue weighted by atomic mass is 10.2. The van der Waals surface area contributed by atoms with E-state index < -0.39 is 60.3 Å². The SMILES string of the molecule is FC(F)(F)c1cccc([I+]c2cccc(C(F)(F)F)c2)c1.O=S(=O)([O-])C(F)(F)F. The van der Waals surface area contributed by atoms with Crippen LogP contribution >= 0.6 is 0 Å². The van der Waals surface area contributed by atoms with Crippen LogP contribution in [-0.2, 0) is 22.5 Å². The van der Waals surface area contributed by atoms with Gasteiger partial charge in [-0.05, 0) is 24.3 Å². The predicted molar refractivity (Wildman–Crippen MR) is 76.0 cm³/mol. The second-order valence-electron chi connectivity index (χ2n) is 5.01. The van der Waals surface area contributed by atoms with Gasteiger partial charge in [0.05, 0.1) is 11.1 Å². The van der Waals surface area contributed by atoms with E-state index in [1.54, 1.807) is 0 Å². The van der Waals surface area contributed by atoms with Crippen LogP contribution in [0.1, 0.15) is 11.1 Å². The Labute approximate surface area is 168 Å². The predicted octanol–water partition coefficient (Wildman–Crippen LogP) is 1.90. The molecule has 0 saturated heterocycles. The average Bonchev–Trinajstić information content (AvgIpc) is 2.52. The van der Waals surface area contributed by atoms with Gasteiger partial charge in [-0.15, -0.1) is 0 Å². The van der Waals surface area contributed by atoms with Gasteiger partial charge in [0.15, 0.2) is 17.3 Å². The van der Waals surface area contributed by atoms with Crippen molar-refractivity contribution in [2.75, 3.05) is 0 Å². The zero-order chi connectivity index (χ0) is 22.7. The standard InChI is InChI=1S/C14H8F6I.CHF3O3S/c15-13(16,17)9-3-1-5-11(7-9)21-12-6-2-4-10(8-12)14(18,19)20;2-1(3,4)8(5,6)7/h1-8H;(H,5,6,7)/q+1;/p-1. The lowest BCUT2D eigenvalue weighted by molar-refractivity contribution is -0.597. The molecule has 2 rings (SSSR count). The van der Waals surface area contributed by atoms with Crippen LogP contribution in [0.2, 0.25) is 0 Å². The Bertz CT molecular complexity index is 880. The van der Waals surface area contributed by atoms with Gasteiger partial charge in [0.1, 0.15) is 0 Å². The molecule has 0 unspecified atom stereocenters. The number of halogens is 10. The molecule has 0 amide bonds. The van der Waals surface area contributed by atoms with E-state index in [0.717, 1.165) is 24.3 Å². The molecule has 0 aliphatic rings. The lowest BCUT2D eigenvalue weighted by Crippen LogP contribution is -3.61. The summed E-state index contributed by atoms with van der Waals surface area (Å²) in [6.07, 6.45) is -8.90. The fourth-order valence-electron chi connectivity index (χ4n) is 1.57. The molecule has 0 aromatic heterocycles. The minimum Gasteiger partial charge on any atom is -0.741 e. The van der Waals surface area contributed by atoms with Gasteiger partial charge in [0.25, 0.3) is 0 Å². The molecule has 29 heavy (non-hydrogen) atoms. The van der Waals surface area contributed by atoms with Gasteiger partial charge in [-0.2, -0.15) is 39.5 Å². The molecule has 0 heterocycles. The number of benzene rings is 2. The molecule has 0 saturated carbocycles. The van der Waals surface area contributed by atoms with Gasteiger partial charge in [-0.1, -0.05) is 12.1 Å². The Morgan fingerprint density at radius 1 is 0.690 bits per heavy atom. The quantitative estimate of drug-likeness (QED) is 0.242. The molecule has 2 aromatic carbocycles. The van der Waals surface area contributed by atoms with E-state index in [9.17, 15) is 39.5 Å². The molecule has 0 spiro atoms. The molecule has 0 fully saturated rings. The van der Waals surface area contributed by atoms with E-state index in [0.29, 0.717) is 7.14 Å². The van der Waals surface area contributed by atoms with Crippen molar-refractivity contribution in [3.8, 4) is 0 Å². The summed E-state index contributed by atoms with van der Waals surface area (Å²) >= 11 is -1.10. The third-order valence-electron chi connectivity index (χ3n) is 2.81. The zero-order valence-corrected chi connectivity index (χ0v) is 16.5. The highest BCUT2D eigenvalue weighted by Gasteiger charge is 2.37. The third kappa shape index (κ3) is 8.38. The van der Waals surface area contributed by atoms with Gasteiger partial charge in [-0.3, -0.25) is 0 Å². The molecule has 162 valence electrons. The van der Waals surface area contributed by atoms with Crippen LogP contribution in [0, 0.1) is 7.14 Å². The van der Waals surface area contributed by atoms with Crippen LogP contribution in [0.4, 0.5) is 39.5 Å². The van der Waals surface area contributed by atoms with Crippen molar-refractivity contribution >= 4 is 10.1 Å². The van der Waals surface area contributed by atoms with Crippen molar-refractivity contribution in [2.24, 2.45) is 0 Å². The Kier molecular flexibility index (Phi) is 7.98. The van der Waals surface area contributed by atoms with E-state index in [1.807, 2.05) is 0 Å². The monoisotopic (exact) mass is 566 g/mol. The molecule has 14 heteroatoms. The Morgan fingerprint density at radius 3 is 1.24 bits per heavy atom. The molecular formula is C15H8F9IO3S. The van der Waals surface area contributed by atoms with Crippen LogP contribution in [-0.4, -0.2) is 18.5 Å². The maximum Gasteiger partial charge on any atom is 0.485 e. The first-order valence-corrected chi connectivity index (χ1v) is 10.5. The highest BCUT2D eigenvalue weighted by molar-refractivity contribution is 7.86. The molecule has 2 aromatic rings. The molecule has 0 aliphatic carbocycles. The van der Waals surface area contributed by atoms with Gasteiger partial charge < -0.3 is 4.55 Å². The van der Waals surface area contributed by atoms with Crippen LogP contribution in [0.25, 0.3) is 0 Å². The van der Waals surface area contributed by atoms with Crippen molar-refractivity contribution in [3.63, 3.8) is 0 Å². The highest BCUT2D eigenvalue weighted by atomic mass is 127. The van der Waals surface area contributed by atoms with Crippen LogP contribution in [0.15, 0.2) is 48.5 Å². The van der Waals surface area contributed by atoms with E-state index in [2.05, 4.69) is 0 Å². The fraction of sp³-hybridized carbons (Fsp3) is 0.200. The molecular weight excluding hydrogens is 558 g/mol. The van der Waals surface area contributed by atoms with E-state index in [1.165, 1.54) is 24.3 Å². The fourth-order valence-corrected chi connectivity index (χ4v) is 4.05. The summed E-state index contributed by atoms with van der Waals surface area (Å²) < 4.78 is 135. The minimum atomic E-state index is -6.09. The second-order valence-corrected chi connectivity index (χ2v) is 9.41. The van der Waals surface area contributed by atoms with Crippen molar-refractivity contribution < 1.29 is 73.7 Å². The van der Waals surface area contributed by atoms with Gasteiger partial charge in [0.2, 0.25) is 0 Å². The van der Waals surface area contributed by atoms with Crippen LogP contribution < -0.4 is 21.2 Å². The number of hydrogen-bond donors (Lipinski definition) is 0. The first-order valence-electron chi connectivity index (χ1n) is 6.93. The van der Waals surface area contributed by atoms with Crippen molar-refractivity contribution in [1.82, 2.24) is 0 Å². The van der Waals surface area contributed by atoms with E-state index in [-0.39, 0.29) is 0 Å². The normalized spacial score (nSPS) is 12.9. The molecule has 0 aliphatic heterocycles. The molecule has 0 atom stereocenters. The van der Waals surface area contributed by atoms with Crippen LogP contribution in [0.3, 0.4) is 0 Å². The summed E-state index contributed by atoms with van der Waals surface area (Å²) in [5, 5.41) is 0. The second kappa shape index (κ2) is 9.07. The zero-order valence-electron chi connectivity index (χ0n) is 13.5. The maximum atomic E-state index is 12.6. The minimum absolute atomic E-state index is 0.419.